The van der Waals surface area contributed by atoms with Crippen LogP contribution in [-0.2, 0) is 31.2 Å². The summed E-state index contributed by atoms with van der Waals surface area (Å²) >= 11 is 0. The average molecular weight is 739 g/mol. The van der Waals surface area contributed by atoms with E-state index in [-0.39, 0.29) is 41.9 Å². The minimum Gasteiger partial charge on any atom is -0.444 e. The number of carbonyl (C=O) groups is 2. The van der Waals surface area contributed by atoms with Crippen LogP contribution in [0.2, 0.25) is 0 Å². The number of ether oxygens (including phenoxy) is 1. The highest BCUT2D eigenvalue weighted by molar-refractivity contribution is 7.92. The van der Waals surface area contributed by atoms with Gasteiger partial charge in [-0.1, -0.05) is 12.1 Å². The summed E-state index contributed by atoms with van der Waals surface area (Å²) in [6.45, 7) is 9.82. The molecule has 0 aliphatic carbocycles. The van der Waals surface area contributed by atoms with Gasteiger partial charge in [-0.15, -0.1) is 0 Å². The maximum Gasteiger partial charge on any atom is 0.407 e. The number of aryl methyl sites for hydroxylation is 1. The Morgan fingerprint density at radius 1 is 0.922 bits per heavy atom. The Labute approximate surface area is 298 Å². The lowest BCUT2D eigenvalue weighted by molar-refractivity contribution is 0.0508. The summed E-state index contributed by atoms with van der Waals surface area (Å²) in [6, 6.07) is 13.0. The number of aromatic nitrogens is 2. The van der Waals surface area contributed by atoms with E-state index in [0.717, 1.165) is 24.2 Å². The summed E-state index contributed by atoms with van der Waals surface area (Å²) in [5, 5.41) is 2.94. The van der Waals surface area contributed by atoms with E-state index >= 15 is 0 Å². The molecule has 51 heavy (non-hydrogen) atoms. The van der Waals surface area contributed by atoms with E-state index in [4.69, 9.17) is 9.72 Å². The minimum absolute atomic E-state index is 0.0804. The van der Waals surface area contributed by atoms with Crippen molar-refractivity contribution in [1.29, 1.82) is 0 Å². The molecule has 17 heteroatoms. The van der Waals surface area contributed by atoms with Gasteiger partial charge >= 0.3 is 6.09 Å². The third-order valence-electron chi connectivity index (χ3n) is 9.45. The first-order valence-corrected chi connectivity index (χ1v) is 20.2. The molecule has 15 nitrogen and oxygen atoms in total. The van der Waals surface area contributed by atoms with Gasteiger partial charge in [-0.2, -0.15) is 9.29 Å². The Hall–Kier alpha value is -4.48. The number of amides is 2. The largest absolute Gasteiger partial charge is 0.444 e. The Bertz CT molecular complexity index is 2110. The van der Waals surface area contributed by atoms with Crippen LogP contribution in [0.1, 0.15) is 48.8 Å². The first-order chi connectivity index (χ1) is 24.0. The molecule has 0 spiro atoms. The third kappa shape index (κ3) is 6.69. The van der Waals surface area contributed by atoms with Crippen LogP contribution in [0, 0.1) is 6.92 Å². The zero-order valence-corrected chi connectivity index (χ0v) is 30.9. The van der Waals surface area contributed by atoms with Crippen LogP contribution in [0.25, 0.3) is 0 Å². The van der Waals surface area contributed by atoms with Gasteiger partial charge in [-0.25, -0.2) is 30.9 Å². The highest BCUT2D eigenvalue weighted by atomic mass is 32.2. The monoisotopic (exact) mass is 738 g/mol. The van der Waals surface area contributed by atoms with Crippen molar-refractivity contribution in [2.24, 2.45) is 0 Å². The van der Waals surface area contributed by atoms with Crippen LogP contribution in [0.15, 0.2) is 53.4 Å². The van der Waals surface area contributed by atoms with Gasteiger partial charge in [0.1, 0.15) is 17.6 Å². The number of hydrogen-bond acceptors (Lipinski definition) is 11. The van der Waals surface area contributed by atoms with E-state index in [1.54, 1.807) is 36.4 Å². The lowest BCUT2D eigenvalue weighted by Crippen LogP contribution is -2.55. The normalized spacial score (nSPS) is 21.0. The summed E-state index contributed by atoms with van der Waals surface area (Å²) in [4.78, 5) is 40.9. The second-order valence-corrected chi connectivity index (χ2v) is 18.2. The summed E-state index contributed by atoms with van der Waals surface area (Å²) in [7, 11) is -7.68. The van der Waals surface area contributed by atoms with Gasteiger partial charge in [-0.05, 0) is 70.0 Å². The average Bonchev–Trinajstić information content (AvgIpc) is 3.67. The highest BCUT2D eigenvalue weighted by Gasteiger charge is 2.47. The summed E-state index contributed by atoms with van der Waals surface area (Å²) in [5.74, 6) is 0.928. The number of carbonyl (C=O) groups excluding carboxylic acids is 2. The number of alkyl carbamates (subject to hydrolysis) is 1. The predicted octanol–water partition coefficient (Wildman–Crippen LogP) is 2.71. The lowest BCUT2D eigenvalue weighted by Gasteiger charge is -2.40. The molecule has 2 fully saturated rings. The number of nitrogens with zero attached hydrogens (tertiary/aromatic N) is 7. The molecule has 5 heterocycles. The van der Waals surface area contributed by atoms with E-state index < -0.39 is 37.9 Å². The van der Waals surface area contributed by atoms with Crippen molar-refractivity contribution in [2.75, 3.05) is 64.5 Å². The van der Waals surface area contributed by atoms with Crippen LogP contribution in [0.3, 0.4) is 0 Å². The van der Waals surface area contributed by atoms with E-state index in [9.17, 15) is 26.4 Å². The standard InChI is InChI=1S/C34H42N8O7S2/c1-22-18-29(39-13-12-24(21-39)36-33(44)49-34(2,3)4)37-32(35-22)38-14-16-40(17-15-38)51(47,48)25-10-11-27-23(19-25)20-30-41(27)31(43)26-8-6-7-9-28(26)42(30)50(5,45)46/h6-11,18-19,24,30H,12-17,20-21H2,1-5H3,(H,36,44)/t24-,30?/m1/s1. The molecule has 2 amide bonds. The second kappa shape index (κ2) is 12.6. The topological polar surface area (TPSA) is 166 Å². The van der Waals surface area contributed by atoms with Crippen molar-refractivity contribution in [2.45, 2.75) is 63.2 Å². The van der Waals surface area contributed by atoms with Crippen LogP contribution in [-0.4, -0.2) is 106 Å². The first-order valence-electron chi connectivity index (χ1n) is 16.9. The fourth-order valence-electron chi connectivity index (χ4n) is 7.22. The van der Waals surface area contributed by atoms with E-state index in [2.05, 4.69) is 15.2 Å². The number of sulfonamides is 2. The van der Waals surface area contributed by atoms with E-state index in [0.29, 0.717) is 49.1 Å². The van der Waals surface area contributed by atoms with E-state index in [1.807, 2.05) is 38.7 Å². The molecule has 2 saturated heterocycles. The molecule has 1 aromatic heterocycles. The van der Waals surface area contributed by atoms with Crippen LogP contribution in [0.5, 0.6) is 0 Å². The Balaban J connectivity index is 1.03. The van der Waals surface area contributed by atoms with Gasteiger partial charge < -0.3 is 19.9 Å². The van der Waals surface area contributed by atoms with Gasteiger partial charge in [0.2, 0.25) is 26.0 Å². The van der Waals surface area contributed by atoms with Crippen LogP contribution in [0.4, 0.5) is 27.9 Å². The number of nitrogens with one attached hydrogen (secondary N) is 1. The molecule has 1 N–H and O–H groups in total. The quantitative estimate of drug-likeness (QED) is 0.395. The fraction of sp³-hybridized carbons (Fsp3) is 0.471. The number of fused-ring (bicyclic) bond motifs is 4. The molecule has 0 radical (unpaired) electrons. The zero-order chi connectivity index (χ0) is 36.5. The maximum atomic E-state index is 13.9. The molecule has 4 aliphatic heterocycles. The van der Waals surface area contributed by atoms with Gasteiger partial charge in [0.25, 0.3) is 5.91 Å². The van der Waals surface area contributed by atoms with Crippen LogP contribution >= 0.6 is 0 Å². The Morgan fingerprint density at radius 2 is 1.65 bits per heavy atom. The number of para-hydroxylation sites is 1. The van der Waals surface area contributed by atoms with Crippen LogP contribution < -0.4 is 24.3 Å². The Kier molecular flexibility index (Phi) is 8.65. The van der Waals surface area contributed by atoms with Gasteiger partial charge in [0.15, 0.2) is 0 Å². The molecule has 2 aromatic carbocycles. The molecular weight excluding hydrogens is 697 g/mol. The third-order valence-corrected chi connectivity index (χ3v) is 12.5. The van der Waals surface area contributed by atoms with Crippen molar-refractivity contribution in [3.05, 3.63) is 65.4 Å². The number of piperazine rings is 1. The fourth-order valence-corrected chi connectivity index (χ4v) is 9.82. The lowest BCUT2D eigenvalue weighted by atomic mass is 10.1. The molecule has 1 unspecified atom stereocenters. The van der Waals surface area contributed by atoms with Crippen molar-refractivity contribution in [3.63, 3.8) is 0 Å². The highest BCUT2D eigenvalue weighted by Crippen LogP contribution is 2.43. The molecule has 0 saturated carbocycles. The summed E-state index contributed by atoms with van der Waals surface area (Å²) in [6.07, 6.45) is 0.729. The Morgan fingerprint density at radius 3 is 2.35 bits per heavy atom. The number of hydrogen-bond donors (Lipinski definition) is 1. The first kappa shape index (κ1) is 34.9. The number of anilines is 4. The number of rotatable bonds is 6. The molecule has 2 atom stereocenters. The van der Waals surface area contributed by atoms with Crippen molar-refractivity contribution < 1.29 is 31.2 Å². The van der Waals surface area contributed by atoms with Crippen molar-refractivity contribution in [1.82, 2.24) is 19.6 Å². The smallest absolute Gasteiger partial charge is 0.407 e. The molecule has 3 aromatic rings. The molecular formula is C34H42N8O7S2. The van der Waals surface area contributed by atoms with Gasteiger partial charge in [-0.3, -0.25) is 9.69 Å². The zero-order valence-electron chi connectivity index (χ0n) is 29.2. The predicted molar refractivity (Wildman–Crippen MR) is 192 cm³/mol. The van der Waals surface area contributed by atoms with Crippen molar-refractivity contribution >= 4 is 55.2 Å². The molecule has 7 rings (SSSR count). The minimum atomic E-state index is -3.91. The molecule has 0 bridgehead atoms. The molecule has 272 valence electrons. The van der Waals surface area contributed by atoms with E-state index in [1.165, 1.54) is 19.6 Å². The second-order valence-electron chi connectivity index (χ2n) is 14.4. The maximum absolute atomic E-state index is 13.9. The van der Waals surface area contributed by atoms with Gasteiger partial charge in [0, 0.05) is 63.1 Å². The summed E-state index contributed by atoms with van der Waals surface area (Å²) < 4.78 is 61.8. The van der Waals surface area contributed by atoms with Gasteiger partial charge in [0.05, 0.1) is 28.4 Å². The number of benzene rings is 2. The van der Waals surface area contributed by atoms with Crippen molar-refractivity contribution in [3.8, 4) is 0 Å². The molecule has 4 aliphatic rings. The summed E-state index contributed by atoms with van der Waals surface area (Å²) in [5.41, 5.74) is 1.86. The SMILES string of the molecule is Cc1cc(N2CC[C@@H](NC(=O)OC(C)(C)C)C2)nc(N2CCN(S(=O)(=O)c3ccc4c(c3)CC3N4C(=O)c4ccccc4N3S(C)(=O)=O)CC2)n1.